The van der Waals surface area contributed by atoms with E-state index in [0.717, 1.165) is 50.6 Å². The lowest BCUT2D eigenvalue weighted by Gasteiger charge is -2.36. The minimum atomic E-state index is -0.399. The molecule has 0 radical (unpaired) electrons. The molecule has 1 aliphatic carbocycles. The number of likely N-dealkylation sites (N-methyl/N-ethyl adjacent to an activating group) is 1. The van der Waals surface area contributed by atoms with E-state index in [1.807, 2.05) is 58.1 Å². The van der Waals surface area contributed by atoms with E-state index in [9.17, 15) is 14.7 Å². The summed E-state index contributed by atoms with van der Waals surface area (Å²) in [6.07, 6.45) is 7.97. The molecule has 0 aromatic heterocycles. The average molecular weight is 561 g/mol. The van der Waals surface area contributed by atoms with Crippen molar-refractivity contribution in [3.05, 3.63) is 23.8 Å². The van der Waals surface area contributed by atoms with Gasteiger partial charge in [-0.15, -0.1) is 0 Å². The van der Waals surface area contributed by atoms with Crippen molar-refractivity contribution in [2.75, 3.05) is 52.3 Å². The van der Waals surface area contributed by atoms with E-state index in [2.05, 4.69) is 12.2 Å². The second-order valence-corrected chi connectivity index (χ2v) is 12.0. The standard InChI is InChI=1S/C31H52N4O5/c1-22-19-35(23(2)21-36)30(37)27-18-26(33(4)5)15-16-28(27)40-24(3)12-10-11-17-39-29(22)20-34(6)31(38)32-25-13-8-7-9-14-25/h15-16,18,22-25,29,36H,7-14,17,19-21H2,1-6H3,(H,32,38)/t22-,23-,24-,29-/m1/s1. The van der Waals surface area contributed by atoms with Crippen LogP contribution in [0.15, 0.2) is 18.2 Å². The van der Waals surface area contributed by atoms with E-state index in [0.29, 0.717) is 31.0 Å². The summed E-state index contributed by atoms with van der Waals surface area (Å²) in [4.78, 5) is 32.5. The average Bonchev–Trinajstić information content (AvgIpc) is 2.94. The SMILES string of the molecule is C[C@@H]1CCCCO[C@H](CN(C)C(=O)NC2CCCCC2)[C@H](C)CN([C@H](C)CO)C(=O)c2cc(N(C)C)ccc2O1. The summed E-state index contributed by atoms with van der Waals surface area (Å²) in [7, 11) is 5.70. The summed E-state index contributed by atoms with van der Waals surface area (Å²) in [6, 6.07) is 5.47. The Hall–Kier alpha value is -2.52. The van der Waals surface area contributed by atoms with Gasteiger partial charge in [-0.2, -0.15) is 0 Å². The lowest BCUT2D eigenvalue weighted by molar-refractivity contribution is -0.0123. The highest BCUT2D eigenvalue weighted by atomic mass is 16.5. The van der Waals surface area contributed by atoms with Crippen LogP contribution < -0.4 is 15.0 Å². The first-order valence-corrected chi connectivity index (χ1v) is 15.1. The number of benzene rings is 1. The van der Waals surface area contributed by atoms with Crippen molar-refractivity contribution in [2.24, 2.45) is 5.92 Å². The van der Waals surface area contributed by atoms with Gasteiger partial charge in [-0.3, -0.25) is 4.79 Å². The number of hydrogen-bond acceptors (Lipinski definition) is 6. The summed E-state index contributed by atoms with van der Waals surface area (Å²) in [6.45, 7) is 7.16. The summed E-state index contributed by atoms with van der Waals surface area (Å²) in [5.74, 6) is 0.305. The van der Waals surface area contributed by atoms with Crippen molar-refractivity contribution in [3.8, 4) is 5.75 Å². The molecule has 1 heterocycles. The molecule has 9 heteroatoms. The van der Waals surface area contributed by atoms with Crippen molar-refractivity contribution >= 4 is 17.6 Å². The largest absolute Gasteiger partial charge is 0.490 e. The maximum absolute atomic E-state index is 14.1. The first-order valence-electron chi connectivity index (χ1n) is 15.1. The van der Waals surface area contributed by atoms with Gasteiger partial charge in [0.1, 0.15) is 5.75 Å². The minimum Gasteiger partial charge on any atom is -0.490 e. The van der Waals surface area contributed by atoms with E-state index >= 15 is 0 Å². The monoisotopic (exact) mass is 560 g/mol. The summed E-state index contributed by atoms with van der Waals surface area (Å²) >= 11 is 0. The molecule has 4 atom stereocenters. The molecule has 0 saturated heterocycles. The van der Waals surface area contributed by atoms with Gasteiger partial charge in [0.2, 0.25) is 0 Å². The van der Waals surface area contributed by atoms with E-state index in [1.54, 1.807) is 9.80 Å². The zero-order chi connectivity index (χ0) is 29.2. The molecule has 2 aliphatic rings. The topological polar surface area (TPSA) is 94.6 Å². The van der Waals surface area contributed by atoms with Crippen LogP contribution in [0.5, 0.6) is 5.75 Å². The van der Waals surface area contributed by atoms with Gasteiger partial charge in [-0.05, 0) is 64.2 Å². The number of hydrogen-bond donors (Lipinski definition) is 2. The lowest BCUT2D eigenvalue weighted by Crippen LogP contribution is -2.50. The second kappa shape index (κ2) is 15.5. The number of aliphatic hydroxyl groups excluding tert-OH is 1. The molecule has 40 heavy (non-hydrogen) atoms. The molecule has 0 bridgehead atoms. The highest BCUT2D eigenvalue weighted by Gasteiger charge is 2.31. The van der Waals surface area contributed by atoms with Crippen LogP contribution in [0.3, 0.4) is 0 Å². The Balaban J connectivity index is 1.85. The smallest absolute Gasteiger partial charge is 0.317 e. The zero-order valence-electron chi connectivity index (χ0n) is 25.5. The van der Waals surface area contributed by atoms with Crippen LogP contribution in [0.25, 0.3) is 0 Å². The predicted octanol–water partition coefficient (Wildman–Crippen LogP) is 4.52. The number of ether oxygens (including phenoxy) is 2. The maximum Gasteiger partial charge on any atom is 0.317 e. The molecular weight excluding hydrogens is 508 g/mol. The van der Waals surface area contributed by atoms with Gasteiger partial charge in [0.15, 0.2) is 0 Å². The summed E-state index contributed by atoms with van der Waals surface area (Å²) in [5.41, 5.74) is 1.39. The number of urea groups is 1. The predicted molar refractivity (Wildman–Crippen MR) is 159 cm³/mol. The first-order chi connectivity index (χ1) is 19.1. The highest BCUT2D eigenvalue weighted by Crippen LogP contribution is 2.29. The Labute approximate surface area is 241 Å². The number of carbonyl (C=O) groups excluding carboxylic acids is 2. The van der Waals surface area contributed by atoms with Crippen molar-refractivity contribution in [2.45, 2.75) is 96.4 Å². The Kier molecular flexibility index (Phi) is 12.4. The van der Waals surface area contributed by atoms with Gasteiger partial charge in [0, 0.05) is 58.5 Å². The van der Waals surface area contributed by atoms with Crippen LogP contribution in [-0.4, -0.2) is 98.6 Å². The Morgan fingerprint density at radius 2 is 1.80 bits per heavy atom. The lowest BCUT2D eigenvalue weighted by atomic mass is 9.96. The van der Waals surface area contributed by atoms with E-state index < -0.39 is 6.04 Å². The number of nitrogens with zero attached hydrogens (tertiary/aromatic N) is 3. The molecule has 0 unspecified atom stereocenters. The van der Waals surface area contributed by atoms with Gasteiger partial charge >= 0.3 is 6.03 Å². The van der Waals surface area contributed by atoms with Crippen molar-refractivity contribution in [1.82, 2.24) is 15.1 Å². The zero-order valence-corrected chi connectivity index (χ0v) is 25.5. The third-order valence-electron chi connectivity index (χ3n) is 8.28. The normalized spacial score (nSPS) is 24.3. The number of nitrogens with one attached hydrogen (secondary N) is 1. The van der Waals surface area contributed by atoms with Crippen LogP contribution in [0, 0.1) is 5.92 Å². The van der Waals surface area contributed by atoms with Gasteiger partial charge in [-0.25, -0.2) is 4.79 Å². The molecule has 0 spiro atoms. The molecule has 1 saturated carbocycles. The molecule has 2 N–H and O–H groups in total. The van der Waals surface area contributed by atoms with Gasteiger partial charge in [0.25, 0.3) is 5.91 Å². The fraction of sp³-hybridized carbons (Fsp3) is 0.742. The van der Waals surface area contributed by atoms with Crippen molar-refractivity contribution in [1.29, 1.82) is 0 Å². The molecule has 3 amide bonds. The molecule has 1 aromatic carbocycles. The Morgan fingerprint density at radius 3 is 2.48 bits per heavy atom. The van der Waals surface area contributed by atoms with Crippen molar-refractivity contribution in [3.63, 3.8) is 0 Å². The quantitative estimate of drug-likeness (QED) is 0.531. The number of rotatable bonds is 6. The summed E-state index contributed by atoms with van der Waals surface area (Å²) < 4.78 is 12.7. The maximum atomic E-state index is 14.1. The van der Waals surface area contributed by atoms with Crippen LogP contribution >= 0.6 is 0 Å². The Bertz CT molecular complexity index is 952. The molecular formula is C31H52N4O5. The number of amides is 3. The van der Waals surface area contributed by atoms with Gasteiger partial charge in [0.05, 0.1) is 30.4 Å². The van der Waals surface area contributed by atoms with Crippen LogP contribution in [0.1, 0.15) is 82.5 Å². The van der Waals surface area contributed by atoms with Crippen LogP contribution in [0.4, 0.5) is 10.5 Å². The van der Waals surface area contributed by atoms with Crippen LogP contribution in [-0.2, 0) is 4.74 Å². The molecule has 9 nitrogen and oxygen atoms in total. The molecule has 1 aromatic rings. The fourth-order valence-electron chi connectivity index (χ4n) is 5.54. The number of anilines is 1. The number of fused-ring (bicyclic) bond motifs is 1. The molecule has 226 valence electrons. The minimum absolute atomic E-state index is 0.0623. The highest BCUT2D eigenvalue weighted by molar-refractivity contribution is 5.98. The second-order valence-electron chi connectivity index (χ2n) is 12.0. The third-order valence-corrected chi connectivity index (χ3v) is 8.28. The summed E-state index contributed by atoms with van der Waals surface area (Å²) in [5, 5.41) is 13.3. The van der Waals surface area contributed by atoms with Crippen LogP contribution in [0.2, 0.25) is 0 Å². The number of carbonyl (C=O) groups is 2. The van der Waals surface area contributed by atoms with Gasteiger partial charge < -0.3 is 34.6 Å². The van der Waals surface area contributed by atoms with E-state index in [-0.39, 0.29) is 42.7 Å². The van der Waals surface area contributed by atoms with Crippen molar-refractivity contribution < 1.29 is 24.2 Å². The van der Waals surface area contributed by atoms with E-state index in [4.69, 9.17) is 9.47 Å². The van der Waals surface area contributed by atoms with E-state index in [1.165, 1.54) is 6.42 Å². The third kappa shape index (κ3) is 8.99. The molecule has 1 aliphatic heterocycles. The number of aliphatic hydroxyl groups is 1. The molecule has 3 rings (SSSR count). The fourth-order valence-corrected chi connectivity index (χ4v) is 5.54. The molecule has 1 fully saturated rings. The first kappa shape index (κ1) is 32.0. The van der Waals surface area contributed by atoms with Gasteiger partial charge in [-0.1, -0.05) is 26.2 Å². The Morgan fingerprint density at radius 1 is 1.10 bits per heavy atom.